The summed E-state index contributed by atoms with van der Waals surface area (Å²) in [5.41, 5.74) is 5.31. The van der Waals surface area contributed by atoms with Crippen molar-refractivity contribution in [2.45, 2.75) is 31.1 Å². The topological polar surface area (TPSA) is 99.1 Å². The zero-order valence-corrected chi connectivity index (χ0v) is 9.03. The highest BCUT2D eigenvalue weighted by atomic mass is 32.2. The third kappa shape index (κ3) is 2.18. The van der Waals surface area contributed by atoms with E-state index in [1.165, 1.54) is 0 Å². The van der Waals surface area contributed by atoms with Gasteiger partial charge in [-0.25, -0.2) is 8.42 Å². The van der Waals surface area contributed by atoms with Crippen molar-refractivity contribution >= 4 is 9.84 Å². The molecule has 1 fully saturated rings. The molecule has 2 heterocycles. The van der Waals surface area contributed by atoms with Gasteiger partial charge in [0.25, 0.3) is 0 Å². The summed E-state index contributed by atoms with van der Waals surface area (Å²) in [7, 11) is -2.94. The van der Waals surface area contributed by atoms with Crippen molar-refractivity contribution in [3.05, 3.63) is 11.7 Å². The van der Waals surface area contributed by atoms with Crippen LogP contribution in [0.4, 0.5) is 0 Å². The summed E-state index contributed by atoms with van der Waals surface area (Å²) >= 11 is 0. The summed E-state index contributed by atoms with van der Waals surface area (Å²) in [6, 6.07) is 0. The van der Waals surface area contributed by atoms with Crippen LogP contribution in [0.5, 0.6) is 0 Å². The van der Waals surface area contributed by atoms with Gasteiger partial charge in [0, 0.05) is 6.42 Å². The van der Waals surface area contributed by atoms with Crippen LogP contribution in [0.15, 0.2) is 4.52 Å². The van der Waals surface area contributed by atoms with Crippen LogP contribution in [0.25, 0.3) is 0 Å². The van der Waals surface area contributed by atoms with Crippen molar-refractivity contribution in [1.82, 2.24) is 10.1 Å². The minimum atomic E-state index is -2.94. The quantitative estimate of drug-likeness (QED) is 0.763. The molecule has 0 aliphatic carbocycles. The van der Waals surface area contributed by atoms with E-state index < -0.39 is 9.84 Å². The van der Waals surface area contributed by atoms with Crippen LogP contribution in [-0.4, -0.2) is 29.6 Å². The molecule has 1 aromatic heterocycles. The molecule has 1 saturated heterocycles. The Balaban J connectivity index is 2.09. The van der Waals surface area contributed by atoms with Crippen molar-refractivity contribution in [2.75, 3.05) is 5.75 Å². The Morgan fingerprint density at radius 2 is 2.33 bits per heavy atom. The van der Waals surface area contributed by atoms with E-state index in [4.69, 9.17) is 10.3 Å². The zero-order valence-electron chi connectivity index (χ0n) is 8.22. The second-order valence-corrected chi connectivity index (χ2v) is 6.04. The molecule has 6 nitrogen and oxygen atoms in total. The Morgan fingerprint density at radius 1 is 1.53 bits per heavy atom. The molecule has 1 aromatic rings. The van der Waals surface area contributed by atoms with Gasteiger partial charge in [0.1, 0.15) is 0 Å². The van der Waals surface area contributed by atoms with Gasteiger partial charge in [0.15, 0.2) is 15.7 Å². The van der Waals surface area contributed by atoms with E-state index in [2.05, 4.69) is 10.1 Å². The molecule has 15 heavy (non-hydrogen) atoms. The van der Waals surface area contributed by atoms with Gasteiger partial charge in [-0.2, -0.15) is 4.98 Å². The van der Waals surface area contributed by atoms with Crippen molar-refractivity contribution in [3.63, 3.8) is 0 Å². The standard InChI is InChI=1S/C8H13N3O3S/c9-5-8-10-7(11-14-8)4-6-2-1-3-15(6,12)13/h6H,1-5,9H2. The second-order valence-electron chi connectivity index (χ2n) is 3.64. The maximum absolute atomic E-state index is 11.5. The largest absolute Gasteiger partial charge is 0.338 e. The zero-order chi connectivity index (χ0) is 10.9. The molecule has 0 radical (unpaired) electrons. The lowest BCUT2D eigenvalue weighted by Crippen LogP contribution is -2.19. The van der Waals surface area contributed by atoms with Crippen LogP contribution in [0, 0.1) is 0 Å². The molecule has 1 aliphatic heterocycles. The van der Waals surface area contributed by atoms with E-state index in [9.17, 15) is 8.42 Å². The fraction of sp³-hybridized carbons (Fsp3) is 0.750. The Bertz CT molecular complexity index is 440. The number of hydrogen-bond donors (Lipinski definition) is 1. The average molecular weight is 231 g/mol. The average Bonchev–Trinajstić information content (AvgIpc) is 2.75. The van der Waals surface area contributed by atoms with Gasteiger partial charge >= 0.3 is 0 Å². The van der Waals surface area contributed by atoms with Crippen molar-refractivity contribution < 1.29 is 12.9 Å². The Labute approximate surface area is 87.8 Å². The van der Waals surface area contributed by atoms with Crippen molar-refractivity contribution in [1.29, 1.82) is 0 Å². The molecule has 2 rings (SSSR count). The number of nitrogens with zero attached hydrogens (tertiary/aromatic N) is 2. The lowest BCUT2D eigenvalue weighted by molar-refractivity contribution is 0.374. The molecule has 0 bridgehead atoms. The molecule has 0 spiro atoms. The van der Waals surface area contributed by atoms with Crippen LogP contribution >= 0.6 is 0 Å². The summed E-state index contributed by atoms with van der Waals surface area (Å²) in [5.74, 6) is 1.06. The fourth-order valence-electron chi connectivity index (χ4n) is 1.75. The molecular formula is C8H13N3O3S. The SMILES string of the molecule is NCc1nc(CC2CCCS2(=O)=O)no1. The first-order chi connectivity index (χ1) is 7.12. The molecule has 84 valence electrons. The maximum Gasteiger partial charge on any atom is 0.240 e. The molecule has 2 N–H and O–H groups in total. The highest BCUT2D eigenvalue weighted by Crippen LogP contribution is 2.22. The van der Waals surface area contributed by atoms with E-state index in [1.54, 1.807) is 0 Å². The van der Waals surface area contributed by atoms with Crippen molar-refractivity contribution in [3.8, 4) is 0 Å². The van der Waals surface area contributed by atoms with Crippen LogP contribution in [-0.2, 0) is 22.8 Å². The predicted molar refractivity (Wildman–Crippen MR) is 52.7 cm³/mol. The highest BCUT2D eigenvalue weighted by Gasteiger charge is 2.32. The normalized spacial score (nSPS) is 24.5. The van der Waals surface area contributed by atoms with Crippen LogP contribution < -0.4 is 5.73 Å². The van der Waals surface area contributed by atoms with Gasteiger partial charge in [-0.1, -0.05) is 5.16 Å². The highest BCUT2D eigenvalue weighted by molar-refractivity contribution is 7.92. The number of rotatable bonds is 3. The van der Waals surface area contributed by atoms with Crippen LogP contribution in [0.2, 0.25) is 0 Å². The first-order valence-corrected chi connectivity index (χ1v) is 6.56. The molecule has 0 aromatic carbocycles. The molecular weight excluding hydrogens is 218 g/mol. The first kappa shape index (κ1) is 10.6. The Hall–Kier alpha value is -0.950. The Morgan fingerprint density at radius 3 is 2.87 bits per heavy atom. The van der Waals surface area contributed by atoms with Gasteiger partial charge in [-0.05, 0) is 12.8 Å². The number of hydrogen-bond acceptors (Lipinski definition) is 6. The summed E-state index contributed by atoms with van der Waals surface area (Å²) in [6.45, 7) is 0.185. The molecule has 0 amide bonds. The third-order valence-electron chi connectivity index (χ3n) is 2.56. The molecule has 1 unspecified atom stereocenters. The van der Waals surface area contributed by atoms with Crippen LogP contribution in [0.1, 0.15) is 24.6 Å². The Kier molecular flexibility index (Phi) is 2.74. The minimum Gasteiger partial charge on any atom is -0.338 e. The van der Waals surface area contributed by atoms with E-state index in [-0.39, 0.29) is 17.5 Å². The summed E-state index contributed by atoms with van der Waals surface area (Å²) in [5, 5.41) is 3.34. The van der Waals surface area contributed by atoms with Gasteiger partial charge in [-0.3, -0.25) is 0 Å². The number of aromatic nitrogens is 2. The first-order valence-electron chi connectivity index (χ1n) is 4.85. The third-order valence-corrected chi connectivity index (χ3v) is 4.83. The van der Waals surface area contributed by atoms with E-state index in [0.717, 1.165) is 6.42 Å². The smallest absolute Gasteiger partial charge is 0.240 e. The van der Waals surface area contributed by atoms with E-state index >= 15 is 0 Å². The molecule has 1 atom stereocenters. The predicted octanol–water partition coefficient (Wildman–Crippen LogP) is -0.352. The summed E-state index contributed by atoms with van der Waals surface area (Å²) in [4.78, 5) is 3.99. The number of sulfone groups is 1. The summed E-state index contributed by atoms with van der Waals surface area (Å²) in [6.07, 6.45) is 1.76. The van der Waals surface area contributed by atoms with Gasteiger partial charge in [0.2, 0.25) is 5.89 Å². The summed E-state index contributed by atoms with van der Waals surface area (Å²) < 4.78 is 27.9. The van der Waals surface area contributed by atoms with E-state index in [0.29, 0.717) is 24.6 Å². The number of nitrogens with two attached hydrogens (primary N) is 1. The van der Waals surface area contributed by atoms with Crippen LogP contribution in [0.3, 0.4) is 0 Å². The van der Waals surface area contributed by atoms with Gasteiger partial charge < -0.3 is 10.3 Å². The molecule has 7 heteroatoms. The second kappa shape index (κ2) is 3.90. The van der Waals surface area contributed by atoms with Gasteiger partial charge in [0.05, 0.1) is 17.5 Å². The minimum absolute atomic E-state index is 0.185. The lowest BCUT2D eigenvalue weighted by atomic mass is 10.2. The molecule has 1 aliphatic rings. The maximum atomic E-state index is 11.5. The van der Waals surface area contributed by atoms with Gasteiger partial charge in [-0.15, -0.1) is 0 Å². The lowest BCUT2D eigenvalue weighted by Gasteiger charge is -2.04. The molecule has 0 saturated carbocycles. The van der Waals surface area contributed by atoms with Crippen molar-refractivity contribution in [2.24, 2.45) is 5.73 Å². The monoisotopic (exact) mass is 231 g/mol. The fourth-order valence-corrected chi connectivity index (χ4v) is 3.58. The van der Waals surface area contributed by atoms with E-state index in [1.807, 2.05) is 0 Å².